The van der Waals surface area contributed by atoms with Gasteiger partial charge >= 0.3 is 28.2 Å². The Hall–Kier alpha value is -7.15. The van der Waals surface area contributed by atoms with Crippen LogP contribution in [0.2, 0.25) is 0 Å². The maximum Gasteiger partial charge on any atom is 2.00 e. The third-order valence-corrected chi connectivity index (χ3v) is 12.0. The summed E-state index contributed by atoms with van der Waals surface area (Å²) in [6.07, 6.45) is 5.89. The van der Waals surface area contributed by atoms with E-state index in [0.29, 0.717) is 11.5 Å². The van der Waals surface area contributed by atoms with Crippen molar-refractivity contribution < 1.29 is 25.8 Å². The van der Waals surface area contributed by atoms with E-state index in [2.05, 4.69) is 196 Å². The molecule has 2 aliphatic heterocycles. The molecule has 0 amide bonds. The van der Waals surface area contributed by atoms with Crippen molar-refractivity contribution in [3.8, 4) is 51.0 Å². The van der Waals surface area contributed by atoms with Gasteiger partial charge in [0, 0.05) is 63.9 Å². The van der Waals surface area contributed by atoms with Gasteiger partial charge in [-0.1, -0.05) is 132 Å². The smallest absolute Gasteiger partial charge is 0.503 e. The molecule has 0 radical (unpaired) electrons. The van der Waals surface area contributed by atoms with Gasteiger partial charge in [0.15, 0.2) is 0 Å². The Morgan fingerprint density at radius 2 is 1.23 bits per heavy atom. The molecule has 9 heteroatoms. The van der Waals surface area contributed by atoms with Gasteiger partial charge in [0.1, 0.15) is 5.82 Å². The number of benzene rings is 7. The maximum absolute atomic E-state index is 6.66. The molecule has 0 spiro atoms. The number of hydrogen-bond donors (Lipinski definition) is 0. The fraction of sp³-hybridized carbons (Fsp3) is 0.0385. The van der Waals surface area contributed by atoms with E-state index in [1.807, 2.05) is 24.5 Å². The van der Waals surface area contributed by atoms with E-state index >= 15 is 0 Å². The first-order valence-electron chi connectivity index (χ1n) is 20.2. The normalized spacial score (nSPS) is 12.5. The summed E-state index contributed by atoms with van der Waals surface area (Å²) in [5.41, 5.74) is 14.1. The Morgan fingerprint density at radius 3 is 1.97 bits per heavy atom. The average molecular weight is 966 g/mol. The number of para-hydroxylation sites is 4. The van der Waals surface area contributed by atoms with Crippen molar-refractivity contribution in [3.05, 3.63) is 200 Å². The second-order valence-corrected chi connectivity index (χ2v) is 15.4. The first-order chi connectivity index (χ1) is 29.6. The molecular weight excluding hydrogens is 931 g/mol. The summed E-state index contributed by atoms with van der Waals surface area (Å²) in [7, 11) is -0.281. The van der Waals surface area contributed by atoms with Crippen LogP contribution in [0.15, 0.2) is 176 Å². The number of aryl methyl sites for hydroxylation is 2. The Balaban J connectivity index is 0.00000420. The van der Waals surface area contributed by atoms with Crippen LogP contribution in [0.4, 0.5) is 22.7 Å². The van der Waals surface area contributed by atoms with Gasteiger partial charge in [0.25, 0.3) is 0 Å². The van der Waals surface area contributed by atoms with Crippen LogP contribution in [0.25, 0.3) is 61.3 Å². The quantitative estimate of drug-likeness (QED) is 0.123. The van der Waals surface area contributed by atoms with Gasteiger partial charge in [-0.25, -0.2) is 4.98 Å². The minimum absolute atomic E-state index is 0. The summed E-state index contributed by atoms with van der Waals surface area (Å²) in [6.45, 7) is 4.21. The van der Waals surface area contributed by atoms with E-state index in [-0.39, 0.29) is 28.2 Å². The third-order valence-electron chi connectivity index (χ3n) is 12.0. The zero-order valence-electron chi connectivity index (χ0n) is 33.2. The molecule has 12 rings (SSSR count). The maximum atomic E-state index is 6.66. The summed E-state index contributed by atoms with van der Waals surface area (Å²) >= 11 is 0. The Morgan fingerprint density at radius 1 is 0.574 bits per heavy atom. The summed E-state index contributed by atoms with van der Waals surface area (Å²) in [4.78, 5) is 14.7. The molecular formula is C52H35BN6OPt. The first kappa shape index (κ1) is 36.9. The van der Waals surface area contributed by atoms with Crippen LogP contribution >= 0.6 is 0 Å². The standard InChI is InChI=1S/C52H35BN6O.Pt/c1-34-30-50(55-33-35(34)2)57-45-21-10-9-18-42(45)43-26-24-39(32-49(43)57)60-38-25-27-46-44(31-38)52-54-28-29-56(52)53-58(46)47-22-11-12-23-48(47)59(53)51-40(36-14-5-3-6-15-36)19-13-20-41(51)37-16-7-4-8-17-37;/h3-30,33H,1-2H3;/q-2;+2. The number of aromatic nitrogens is 4. The van der Waals surface area contributed by atoms with Gasteiger partial charge in [-0.3, -0.25) is 4.98 Å². The van der Waals surface area contributed by atoms with Crippen LogP contribution in [0.1, 0.15) is 11.1 Å². The van der Waals surface area contributed by atoms with Crippen molar-refractivity contribution in [1.82, 2.24) is 19.0 Å². The van der Waals surface area contributed by atoms with E-state index in [0.717, 1.165) is 89.6 Å². The van der Waals surface area contributed by atoms with Gasteiger partial charge in [-0.2, -0.15) is 6.07 Å². The van der Waals surface area contributed by atoms with Crippen LogP contribution in [-0.4, -0.2) is 26.1 Å². The van der Waals surface area contributed by atoms with Crippen LogP contribution in [-0.2, 0) is 21.1 Å². The molecule has 292 valence electrons. The van der Waals surface area contributed by atoms with Gasteiger partial charge in [0.05, 0.1) is 5.69 Å². The molecule has 0 fully saturated rings. The molecule has 10 aromatic rings. The van der Waals surface area contributed by atoms with E-state index < -0.39 is 0 Å². The van der Waals surface area contributed by atoms with Crippen molar-refractivity contribution in [3.63, 3.8) is 0 Å². The summed E-state index contributed by atoms with van der Waals surface area (Å²) < 4.78 is 11.1. The molecule has 3 aromatic heterocycles. The number of hydrogen-bond acceptors (Lipinski definition) is 5. The second-order valence-electron chi connectivity index (χ2n) is 15.4. The molecule has 61 heavy (non-hydrogen) atoms. The number of rotatable bonds is 6. The summed E-state index contributed by atoms with van der Waals surface area (Å²) in [5.74, 6) is 2.83. The van der Waals surface area contributed by atoms with Crippen molar-refractivity contribution in [2.45, 2.75) is 13.8 Å². The van der Waals surface area contributed by atoms with Crippen LogP contribution in [0.5, 0.6) is 11.5 Å². The molecule has 0 saturated carbocycles. The van der Waals surface area contributed by atoms with Gasteiger partial charge in [-0.05, 0) is 71.4 Å². The number of nitrogens with zero attached hydrogens (tertiary/aromatic N) is 6. The van der Waals surface area contributed by atoms with Gasteiger partial charge in [0.2, 0.25) is 0 Å². The van der Waals surface area contributed by atoms with Gasteiger partial charge in [-0.15, -0.1) is 23.6 Å². The monoisotopic (exact) mass is 965 g/mol. The van der Waals surface area contributed by atoms with Gasteiger partial charge < -0.3 is 23.4 Å². The molecule has 5 heterocycles. The van der Waals surface area contributed by atoms with E-state index in [9.17, 15) is 0 Å². The Labute approximate surface area is 368 Å². The predicted octanol–water partition coefficient (Wildman–Crippen LogP) is 12.5. The molecule has 2 aliphatic rings. The molecule has 0 unspecified atom stereocenters. The van der Waals surface area contributed by atoms with Crippen molar-refractivity contribution >= 4 is 51.7 Å². The minimum Gasteiger partial charge on any atom is -0.503 e. The Kier molecular flexibility index (Phi) is 8.80. The first-order valence-corrected chi connectivity index (χ1v) is 20.2. The second kappa shape index (κ2) is 14.5. The van der Waals surface area contributed by atoms with E-state index in [1.54, 1.807) is 0 Å². The molecule has 0 bridgehead atoms. The molecule has 7 aromatic carbocycles. The zero-order chi connectivity index (χ0) is 39.9. The molecule has 0 aliphatic carbocycles. The van der Waals surface area contributed by atoms with Crippen LogP contribution in [0.3, 0.4) is 0 Å². The fourth-order valence-corrected chi connectivity index (χ4v) is 9.09. The van der Waals surface area contributed by atoms with Crippen molar-refractivity contribution in [1.29, 1.82) is 0 Å². The predicted molar refractivity (Wildman–Crippen MR) is 243 cm³/mol. The summed E-state index contributed by atoms with van der Waals surface area (Å²) in [6, 6.07) is 62.7. The van der Waals surface area contributed by atoms with Crippen LogP contribution < -0.4 is 14.4 Å². The SMILES string of the molecule is Cc1cnc(-n2c3[c-]c(Oc4[c-]c5c(cc4)N4B(N(c6c(-c7ccccc7)cccc6-c6ccccc6)c6ccccc64)n4ccnc4-5)ccc3c3ccccc32)cc1C.[Pt+2]. The number of imidazole rings is 1. The molecule has 0 N–H and O–H groups in total. The minimum atomic E-state index is -0.281. The van der Waals surface area contributed by atoms with E-state index in [4.69, 9.17) is 14.7 Å². The number of fused-ring (bicyclic) bond motifs is 11. The average Bonchev–Trinajstić information content (AvgIpc) is 4.01. The topological polar surface area (TPSA) is 51.4 Å². The zero-order valence-corrected chi connectivity index (χ0v) is 35.5. The van der Waals surface area contributed by atoms with Crippen molar-refractivity contribution in [2.75, 3.05) is 9.62 Å². The number of ether oxygens (including phenoxy) is 1. The van der Waals surface area contributed by atoms with Crippen LogP contribution in [0, 0.1) is 26.0 Å². The fourth-order valence-electron chi connectivity index (χ4n) is 9.09. The Bertz CT molecular complexity index is 3250. The number of pyridine rings is 1. The molecule has 7 nitrogen and oxygen atoms in total. The van der Waals surface area contributed by atoms with Crippen molar-refractivity contribution in [2.24, 2.45) is 0 Å². The largest absolute Gasteiger partial charge is 2.00 e. The van der Waals surface area contributed by atoms with E-state index in [1.165, 1.54) is 5.56 Å². The molecule has 0 atom stereocenters. The molecule has 0 saturated heterocycles. The number of anilines is 4. The third kappa shape index (κ3) is 5.77. The summed E-state index contributed by atoms with van der Waals surface area (Å²) in [5, 5.41) is 2.22.